The standard InChI is InChI=1S/C14H20O2/c1-4-11(3)13-8-6-12(7-9-13)10-14(15)16-5-2/h6-9,11H,4-5,10H2,1-3H3. The molecular weight excluding hydrogens is 200 g/mol. The summed E-state index contributed by atoms with van der Waals surface area (Å²) in [4.78, 5) is 11.3. The molecule has 0 spiro atoms. The van der Waals surface area contributed by atoms with Crippen LogP contribution in [0, 0.1) is 0 Å². The lowest BCUT2D eigenvalue weighted by Crippen LogP contribution is -2.07. The first-order valence-electron chi connectivity index (χ1n) is 5.91. The number of esters is 1. The van der Waals surface area contributed by atoms with E-state index in [-0.39, 0.29) is 5.97 Å². The highest BCUT2D eigenvalue weighted by Crippen LogP contribution is 2.18. The number of ether oxygens (including phenoxy) is 1. The molecule has 0 N–H and O–H groups in total. The van der Waals surface area contributed by atoms with Crippen LogP contribution in [0.25, 0.3) is 0 Å². The van der Waals surface area contributed by atoms with Gasteiger partial charge in [0.15, 0.2) is 0 Å². The molecule has 16 heavy (non-hydrogen) atoms. The third-order valence-corrected chi connectivity index (χ3v) is 2.81. The van der Waals surface area contributed by atoms with Gasteiger partial charge in [-0.05, 0) is 30.4 Å². The van der Waals surface area contributed by atoms with Crippen molar-refractivity contribution in [2.45, 2.75) is 39.5 Å². The first-order chi connectivity index (χ1) is 7.67. The molecule has 0 aliphatic carbocycles. The van der Waals surface area contributed by atoms with Crippen LogP contribution in [0.1, 0.15) is 44.2 Å². The Morgan fingerprint density at radius 2 is 1.88 bits per heavy atom. The molecule has 2 nitrogen and oxygen atoms in total. The Labute approximate surface area is 97.6 Å². The van der Waals surface area contributed by atoms with Gasteiger partial charge in [-0.2, -0.15) is 0 Å². The number of hydrogen-bond donors (Lipinski definition) is 0. The highest BCUT2D eigenvalue weighted by atomic mass is 16.5. The first-order valence-corrected chi connectivity index (χ1v) is 5.91. The Kier molecular flexibility index (Phi) is 5.03. The summed E-state index contributed by atoms with van der Waals surface area (Å²) in [5.41, 5.74) is 2.35. The second-order valence-electron chi connectivity index (χ2n) is 4.03. The third kappa shape index (κ3) is 3.69. The second kappa shape index (κ2) is 6.31. The molecule has 0 saturated heterocycles. The van der Waals surface area contributed by atoms with Gasteiger partial charge in [0.05, 0.1) is 13.0 Å². The zero-order valence-electron chi connectivity index (χ0n) is 10.3. The van der Waals surface area contributed by atoms with E-state index >= 15 is 0 Å². The summed E-state index contributed by atoms with van der Waals surface area (Å²) in [6.07, 6.45) is 1.51. The predicted molar refractivity (Wildman–Crippen MR) is 65.5 cm³/mol. The lowest BCUT2D eigenvalue weighted by atomic mass is 9.97. The van der Waals surface area contributed by atoms with E-state index in [1.165, 1.54) is 5.56 Å². The number of hydrogen-bond acceptors (Lipinski definition) is 2. The maximum absolute atomic E-state index is 11.3. The van der Waals surface area contributed by atoms with E-state index < -0.39 is 0 Å². The first kappa shape index (κ1) is 12.8. The summed E-state index contributed by atoms with van der Waals surface area (Å²) in [5.74, 6) is 0.426. The maximum Gasteiger partial charge on any atom is 0.310 e. The number of benzene rings is 1. The average Bonchev–Trinajstić information content (AvgIpc) is 2.29. The fourth-order valence-corrected chi connectivity index (χ4v) is 1.58. The van der Waals surface area contributed by atoms with E-state index in [0.717, 1.165) is 12.0 Å². The molecule has 1 aromatic carbocycles. The Morgan fingerprint density at radius 1 is 1.25 bits per heavy atom. The Bertz CT molecular complexity index is 327. The van der Waals surface area contributed by atoms with E-state index in [1.54, 1.807) is 0 Å². The Hall–Kier alpha value is -1.31. The van der Waals surface area contributed by atoms with E-state index in [9.17, 15) is 4.79 Å². The van der Waals surface area contributed by atoms with E-state index in [0.29, 0.717) is 18.9 Å². The predicted octanol–water partition coefficient (Wildman–Crippen LogP) is 3.31. The van der Waals surface area contributed by atoms with Crippen LogP contribution in [0.15, 0.2) is 24.3 Å². The van der Waals surface area contributed by atoms with Gasteiger partial charge in [0.2, 0.25) is 0 Å². The summed E-state index contributed by atoms with van der Waals surface area (Å²) >= 11 is 0. The van der Waals surface area contributed by atoms with Crippen LogP contribution < -0.4 is 0 Å². The van der Waals surface area contributed by atoms with Crippen LogP contribution in [0.5, 0.6) is 0 Å². The van der Waals surface area contributed by atoms with Gasteiger partial charge in [-0.1, -0.05) is 38.1 Å². The van der Waals surface area contributed by atoms with Crippen molar-refractivity contribution in [1.82, 2.24) is 0 Å². The van der Waals surface area contributed by atoms with Gasteiger partial charge in [0, 0.05) is 0 Å². The second-order valence-corrected chi connectivity index (χ2v) is 4.03. The van der Waals surface area contributed by atoms with Crippen molar-refractivity contribution in [3.63, 3.8) is 0 Å². The molecule has 0 aliphatic heterocycles. The molecule has 1 aromatic rings. The van der Waals surface area contributed by atoms with Crippen LogP contribution in [0.3, 0.4) is 0 Å². The number of carbonyl (C=O) groups is 1. The SMILES string of the molecule is CCOC(=O)Cc1ccc(C(C)CC)cc1. The minimum atomic E-state index is -0.154. The summed E-state index contributed by atoms with van der Waals surface area (Å²) in [7, 11) is 0. The highest BCUT2D eigenvalue weighted by Gasteiger charge is 2.05. The van der Waals surface area contributed by atoms with Crippen LogP contribution in [0.2, 0.25) is 0 Å². The van der Waals surface area contributed by atoms with Gasteiger partial charge in [-0.3, -0.25) is 4.79 Å². The molecular formula is C14H20O2. The van der Waals surface area contributed by atoms with Crippen molar-refractivity contribution < 1.29 is 9.53 Å². The number of rotatable bonds is 5. The van der Waals surface area contributed by atoms with Gasteiger partial charge in [0.1, 0.15) is 0 Å². The molecule has 0 aliphatic rings. The maximum atomic E-state index is 11.3. The van der Waals surface area contributed by atoms with Crippen molar-refractivity contribution in [3.8, 4) is 0 Å². The molecule has 0 saturated carbocycles. The molecule has 2 heteroatoms. The highest BCUT2D eigenvalue weighted by molar-refractivity contribution is 5.72. The van der Waals surface area contributed by atoms with Crippen LogP contribution in [-0.2, 0) is 16.0 Å². The van der Waals surface area contributed by atoms with E-state index in [4.69, 9.17) is 4.74 Å². The molecule has 0 radical (unpaired) electrons. The van der Waals surface area contributed by atoms with Crippen LogP contribution >= 0.6 is 0 Å². The molecule has 1 rings (SSSR count). The minimum absolute atomic E-state index is 0.154. The number of carbonyl (C=O) groups excluding carboxylic acids is 1. The van der Waals surface area contributed by atoms with E-state index in [1.807, 2.05) is 19.1 Å². The fraction of sp³-hybridized carbons (Fsp3) is 0.500. The monoisotopic (exact) mass is 220 g/mol. The Balaban J connectivity index is 2.61. The van der Waals surface area contributed by atoms with Crippen molar-refractivity contribution >= 4 is 5.97 Å². The minimum Gasteiger partial charge on any atom is -0.466 e. The molecule has 88 valence electrons. The smallest absolute Gasteiger partial charge is 0.310 e. The summed E-state index contributed by atoms with van der Waals surface area (Å²) in [6.45, 7) is 6.66. The van der Waals surface area contributed by atoms with Gasteiger partial charge in [-0.25, -0.2) is 0 Å². The Morgan fingerprint density at radius 3 is 2.38 bits per heavy atom. The lowest BCUT2D eigenvalue weighted by molar-refractivity contribution is -0.142. The molecule has 1 unspecified atom stereocenters. The molecule has 1 atom stereocenters. The molecule has 0 heterocycles. The van der Waals surface area contributed by atoms with E-state index in [2.05, 4.69) is 26.0 Å². The van der Waals surface area contributed by atoms with Crippen LogP contribution in [0.4, 0.5) is 0 Å². The topological polar surface area (TPSA) is 26.3 Å². The lowest BCUT2D eigenvalue weighted by Gasteiger charge is -2.09. The third-order valence-electron chi connectivity index (χ3n) is 2.81. The normalized spacial score (nSPS) is 12.2. The van der Waals surface area contributed by atoms with Gasteiger partial charge in [-0.15, -0.1) is 0 Å². The molecule has 0 fully saturated rings. The molecule has 0 aromatic heterocycles. The summed E-state index contributed by atoms with van der Waals surface area (Å²) in [5, 5.41) is 0. The zero-order chi connectivity index (χ0) is 12.0. The summed E-state index contributed by atoms with van der Waals surface area (Å²) < 4.78 is 4.91. The quantitative estimate of drug-likeness (QED) is 0.712. The summed E-state index contributed by atoms with van der Waals surface area (Å²) in [6, 6.07) is 8.22. The van der Waals surface area contributed by atoms with Crippen molar-refractivity contribution in [3.05, 3.63) is 35.4 Å². The van der Waals surface area contributed by atoms with Crippen LogP contribution in [-0.4, -0.2) is 12.6 Å². The fourth-order valence-electron chi connectivity index (χ4n) is 1.58. The molecule has 0 amide bonds. The average molecular weight is 220 g/mol. The zero-order valence-corrected chi connectivity index (χ0v) is 10.3. The molecule has 0 bridgehead atoms. The largest absolute Gasteiger partial charge is 0.466 e. The van der Waals surface area contributed by atoms with Gasteiger partial charge >= 0.3 is 5.97 Å². The van der Waals surface area contributed by atoms with Crippen molar-refractivity contribution in [2.75, 3.05) is 6.61 Å². The van der Waals surface area contributed by atoms with Crippen molar-refractivity contribution in [2.24, 2.45) is 0 Å². The van der Waals surface area contributed by atoms with Gasteiger partial charge < -0.3 is 4.74 Å². The van der Waals surface area contributed by atoms with Gasteiger partial charge in [0.25, 0.3) is 0 Å². The van der Waals surface area contributed by atoms with Crippen molar-refractivity contribution in [1.29, 1.82) is 0 Å².